The highest BCUT2D eigenvalue weighted by Crippen LogP contribution is 2.18. The smallest absolute Gasteiger partial charge is 0.107 e. The second-order valence-electron chi connectivity index (χ2n) is 3.99. The van der Waals surface area contributed by atoms with E-state index < -0.39 is 0 Å². The van der Waals surface area contributed by atoms with Crippen LogP contribution in [0.4, 0.5) is 0 Å². The molecular formula is C11H20N2S. The molecule has 0 saturated carbocycles. The molecule has 2 nitrogen and oxygen atoms in total. The van der Waals surface area contributed by atoms with Gasteiger partial charge in [0.1, 0.15) is 5.01 Å². The Morgan fingerprint density at radius 3 is 2.64 bits per heavy atom. The number of nitrogens with zero attached hydrogens (tertiary/aromatic N) is 1. The van der Waals surface area contributed by atoms with Gasteiger partial charge in [0, 0.05) is 11.4 Å². The van der Waals surface area contributed by atoms with Crippen molar-refractivity contribution >= 4 is 11.3 Å². The minimum absolute atomic E-state index is 0.710. The molecule has 0 saturated heterocycles. The SMILES string of the molecule is CCc1sc(CNCC(C)C)nc1C. The van der Waals surface area contributed by atoms with Crippen molar-refractivity contribution < 1.29 is 0 Å². The number of thiazole rings is 1. The molecular weight excluding hydrogens is 192 g/mol. The van der Waals surface area contributed by atoms with Crippen LogP contribution in [0, 0.1) is 12.8 Å². The van der Waals surface area contributed by atoms with Gasteiger partial charge in [-0.25, -0.2) is 4.98 Å². The third kappa shape index (κ3) is 3.39. The van der Waals surface area contributed by atoms with Crippen LogP contribution in [0.3, 0.4) is 0 Å². The van der Waals surface area contributed by atoms with Crippen LogP contribution in [-0.2, 0) is 13.0 Å². The van der Waals surface area contributed by atoms with Crippen LogP contribution in [0.15, 0.2) is 0 Å². The van der Waals surface area contributed by atoms with Crippen molar-refractivity contribution in [3.05, 3.63) is 15.6 Å². The maximum Gasteiger partial charge on any atom is 0.107 e. The van der Waals surface area contributed by atoms with Crippen molar-refractivity contribution in [1.29, 1.82) is 0 Å². The zero-order valence-corrected chi connectivity index (χ0v) is 10.4. The second kappa shape index (κ2) is 5.47. The molecule has 0 aliphatic heterocycles. The van der Waals surface area contributed by atoms with Gasteiger partial charge in [0.05, 0.1) is 5.69 Å². The van der Waals surface area contributed by atoms with Gasteiger partial charge in [-0.15, -0.1) is 11.3 Å². The maximum absolute atomic E-state index is 4.53. The first-order valence-corrected chi connectivity index (χ1v) is 6.11. The van der Waals surface area contributed by atoms with E-state index in [0.717, 1.165) is 19.5 Å². The van der Waals surface area contributed by atoms with Gasteiger partial charge in [-0.3, -0.25) is 0 Å². The summed E-state index contributed by atoms with van der Waals surface area (Å²) in [4.78, 5) is 5.96. The second-order valence-corrected chi connectivity index (χ2v) is 5.16. The summed E-state index contributed by atoms with van der Waals surface area (Å²) in [5, 5.41) is 4.64. The topological polar surface area (TPSA) is 24.9 Å². The van der Waals surface area contributed by atoms with Gasteiger partial charge in [0.15, 0.2) is 0 Å². The molecule has 80 valence electrons. The first kappa shape index (κ1) is 11.7. The van der Waals surface area contributed by atoms with Crippen LogP contribution >= 0.6 is 11.3 Å². The van der Waals surface area contributed by atoms with Crippen LogP contribution in [0.25, 0.3) is 0 Å². The van der Waals surface area contributed by atoms with Crippen LogP contribution in [0.5, 0.6) is 0 Å². The van der Waals surface area contributed by atoms with Gasteiger partial charge in [-0.05, 0) is 25.8 Å². The predicted octanol–water partition coefficient (Wildman–Crippen LogP) is 2.76. The zero-order valence-electron chi connectivity index (χ0n) is 9.55. The molecule has 3 heteroatoms. The molecule has 0 aliphatic carbocycles. The molecule has 0 unspecified atom stereocenters. The third-order valence-electron chi connectivity index (χ3n) is 2.09. The molecule has 1 aromatic heterocycles. The lowest BCUT2D eigenvalue weighted by atomic mass is 10.2. The monoisotopic (exact) mass is 212 g/mol. The number of hydrogen-bond donors (Lipinski definition) is 1. The molecule has 0 aliphatic rings. The van der Waals surface area contributed by atoms with Gasteiger partial charge >= 0.3 is 0 Å². The molecule has 0 spiro atoms. The average Bonchev–Trinajstić information content (AvgIpc) is 2.45. The fraction of sp³-hybridized carbons (Fsp3) is 0.727. The Morgan fingerprint density at radius 1 is 1.43 bits per heavy atom. The van der Waals surface area contributed by atoms with Crippen molar-refractivity contribution in [3.8, 4) is 0 Å². The Balaban J connectivity index is 2.43. The number of hydrogen-bond acceptors (Lipinski definition) is 3. The number of aryl methyl sites for hydroxylation is 2. The normalized spacial score (nSPS) is 11.2. The highest BCUT2D eigenvalue weighted by atomic mass is 32.1. The Bertz CT molecular complexity index is 279. The summed E-state index contributed by atoms with van der Waals surface area (Å²) in [6, 6.07) is 0. The van der Waals surface area contributed by atoms with Gasteiger partial charge in [-0.2, -0.15) is 0 Å². The summed E-state index contributed by atoms with van der Waals surface area (Å²) >= 11 is 1.84. The lowest BCUT2D eigenvalue weighted by Crippen LogP contribution is -2.18. The molecule has 0 atom stereocenters. The Morgan fingerprint density at radius 2 is 2.14 bits per heavy atom. The summed E-state index contributed by atoms with van der Waals surface area (Å²) in [7, 11) is 0. The van der Waals surface area contributed by atoms with Crippen LogP contribution in [0.1, 0.15) is 36.3 Å². The lowest BCUT2D eigenvalue weighted by Gasteiger charge is -2.04. The van der Waals surface area contributed by atoms with E-state index in [2.05, 4.69) is 38.0 Å². The van der Waals surface area contributed by atoms with Crippen molar-refractivity contribution in [1.82, 2.24) is 10.3 Å². The zero-order chi connectivity index (χ0) is 10.6. The third-order valence-corrected chi connectivity index (χ3v) is 3.39. The highest BCUT2D eigenvalue weighted by Gasteiger charge is 2.05. The Hall–Kier alpha value is -0.410. The van der Waals surface area contributed by atoms with Gasteiger partial charge in [0.2, 0.25) is 0 Å². The largest absolute Gasteiger partial charge is 0.310 e. The summed E-state index contributed by atoms with van der Waals surface area (Å²) < 4.78 is 0. The molecule has 1 N–H and O–H groups in total. The predicted molar refractivity (Wildman–Crippen MR) is 62.8 cm³/mol. The minimum atomic E-state index is 0.710. The molecule has 14 heavy (non-hydrogen) atoms. The van der Waals surface area contributed by atoms with Gasteiger partial charge < -0.3 is 5.32 Å². The lowest BCUT2D eigenvalue weighted by molar-refractivity contribution is 0.551. The fourth-order valence-corrected chi connectivity index (χ4v) is 2.34. The average molecular weight is 212 g/mol. The molecule has 0 radical (unpaired) electrons. The van der Waals surface area contributed by atoms with Crippen LogP contribution < -0.4 is 5.32 Å². The summed E-state index contributed by atoms with van der Waals surface area (Å²) in [5.74, 6) is 0.710. The standard InChI is InChI=1S/C11H20N2S/c1-5-10-9(4)13-11(14-10)7-12-6-8(2)3/h8,12H,5-7H2,1-4H3. The van der Waals surface area contributed by atoms with E-state index in [4.69, 9.17) is 0 Å². The first-order valence-electron chi connectivity index (χ1n) is 5.29. The molecule has 1 aromatic rings. The van der Waals surface area contributed by atoms with E-state index >= 15 is 0 Å². The maximum atomic E-state index is 4.53. The van der Waals surface area contributed by atoms with Gasteiger partial charge in [-0.1, -0.05) is 20.8 Å². The minimum Gasteiger partial charge on any atom is -0.310 e. The molecule has 1 rings (SSSR count). The Labute approximate surface area is 90.8 Å². The number of aromatic nitrogens is 1. The van der Waals surface area contributed by atoms with E-state index in [0.29, 0.717) is 5.92 Å². The molecule has 1 heterocycles. The van der Waals surface area contributed by atoms with E-state index in [1.165, 1.54) is 15.6 Å². The molecule has 0 bridgehead atoms. The van der Waals surface area contributed by atoms with Crippen LogP contribution in [-0.4, -0.2) is 11.5 Å². The highest BCUT2D eigenvalue weighted by molar-refractivity contribution is 7.11. The fourth-order valence-electron chi connectivity index (χ4n) is 1.36. The van der Waals surface area contributed by atoms with E-state index in [9.17, 15) is 0 Å². The first-order chi connectivity index (χ1) is 6.63. The van der Waals surface area contributed by atoms with Crippen LogP contribution in [0.2, 0.25) is 0 Å². The number of rotatable bonds is 5. The summed E-state index contributed by atoms with van der Waals surface area (Å²) in [5.41, 5.74) is 1.21. The summed E-state index contributed by atoms with van der Waals surface area (Å²) in [6.07, 6.45) is 1.10. The van der Waals surface area contributed by atoms with E-state index in [1.807, 2.05) is 11.3 Å². The van der Waals surface area contributed by atoms with Crippen molar-refractivity contribution in [2.75, 3.05) is 6.54 Å². The molecule has 0 aromatic carbocycles. The van der Waals surface area contributed by atoms with Crippen molar-refractivity contribution in [2.24, 2.45) is 5.92 Å². The van der Waals surface area contributed by atoms with Crippen molar-refractivity contribution in [3.63, 3.8) is 0 Å². The summed E-state index contributed by atoms with van der Waals surface area (Å²) in [6.45, 7) is 10.7. The van der Waals surface area contributed by atoms with Crippen molar-refractivity contribution in [2.45, 2.75) is 40.7 Å². The van der Waals surface area contributed by atoms with E-state index in [1.54, 1.807) is 0 Å². The Kier molecular flexibility index (Phi) is 4.55. The quantitative estimate of drug-likeness (QED) is 0.812. The molecule has 0 fully saturated rings. The molecule has 0 amide bonds. The number of nitrogens with one attached hydrogen (secondary N) is 1. The van der Waals surface area contributed by atoms with Gasteiger partial charge in [0.25, 0.3) is 0 Å². The van der Waals surface area contributed by atoms with E-state index in [-0.39, 0.29) is 0 Å².